The summed E-state index contributed by atoms with van der Waals surface area (Å²) >= 11 is 0. The molecule has 4 nitrogen and oxygen atoms in total. The van der Waals surface area contributed by atoms with Gasteiger partial charge in [-0.2, -0.15) is 0 Å². The molecule has 0 amide bonds. The van der Waals surface area contributed by atoms with Gasteiger partial charge in [0.1, 0.15) is 5.75 Å². The van der Waals surface area contributed by atoms with E-state index in [0.29, 0.717) is 17.7 Å². The first kappa shape index (κ1) is 26.5. The number of carbonyl (C=O) groups is 1. The number of benzene rings is 2. The third kappa shape index (κ3) is 7.92. The second-order valence-corrected chi connectivity index (χ2v) is 7.46. The minimum atomic E-state index is -1.49. The molecule has 0 fully saturated rings. The van der Waals surface area contributed by atoms with Crippen LogP contribution in [-0.2, 0) is 6.42 Å². The van der Waals surface area contributed by atoms with Crippen molar-refractivity contribution in [2.45, 2.75) is 40.0 Å². The average Bonchev–Trinajstić information content (AvgIpc) is 2.71. The Morgan fingerprint density at radius 2 is 1.74 bits per heavy atom. The number of carboxylic acid groups (broad SMARTS) is 1. The van der Waals surface area contributed by atoms with Gasteiger partial charge in [-0.05, 0) is 68.4 Å². The fourth-order valence-electron chi connectivity index (χ4n) is 3.13. The quantitative estimate of drug-likeness (QED) is 0.341. The molecule has 2 aromatic rings. The SMILES string of the molecule is COc1cc(/C=C/c2ccccc2)c(C(=O)[O-])c([O-])c1C/C=C(\C)CCC=C(C)C.[Mg+2]. The molecular weight excluding hydrogens is 401 g/mol. The zero-order chi connectivity index (χ0) is 22.1. The maximum Gasteiger partial charge on any atom is 2.00 e. The van der Waals surface area contributed by atoms with Crippen molar-refractivity contribution in [1.29, 1.82) is 0 Å². The van der Waals surface area contributed by atoms with Gasteiger partial charge in [0.15, 0.2) is 0 Å². The van der Waals surface area contributed by atoms with Crippen molar-refractivity contribution in [3.8, 4) is 11.5 Å². The van der Waals surface area contributed by atoms with E-state index < -0.39 is 11.7 Å². The van der Waals surface area contributed by atoms with Gasteiger partial charge < -0.3 is 19.7 Å². The largest absolute Gasteiger partial charge is 2.00 e. The Morgan fingerprint density at radius 3 is 2.32 bits per heavy atom. The van der Waals surface area contributed by atoms with Gasteiger partial charge in [-0.3, -0.25) is 0 Å². The molecule has 0 spiro atoms. The molecule has 2 aromatic carbocycles. The molecule has 0 N–H and O–H groups in total. The van der Waals surface area contributed by atoms with Gasteiger partial charge >= 0.3 is 23.1 Å². The minimum absolute atomic E-state index is 0. The molecule has 158 valence electrons. The van der Waals surface area contributed by atoms with Crippen LogP contribution in [0.5, 0.6) is 11.5 Å². The second kappa shape index (κ2) is 13.0. The van der Waals surface area contributed by atoms with Crippen molar-refractivity contribution in [3.05, 3.63) is 82.0 Å². The molecule has 0 aromatic heterocycles. The van der Waals surface area contributed by atoms with Crippen molar-refractivity contribution in [3.63, 3.8) is 0 Å². The molecule has 0 saturated heterocycles. The molecule has 5 heteroatoms. The maximum atomic E-state index is 13.0. The normalized spacial score (nSPS) is 11.2. The molecule has 0 aliphatic rings. The Labute approximate surface area is 201 Å². The topological polar surface area (TPSA) is 72.4 Å². The number of allylic oxidation sites excluding steroid dienone is 4. The van der Waals surface area contributed by atoms with Crippen molar-refractivity contribution < 1.29 is 19.7 Å². The van der Waals surface area contributed by atoms with E-state index in [1.54, 1.807) is 18.2 Å². The molecule has 0 aliphatic carbocycles. The number of methoxy groups -OCH3 is 1. The number of hydrogen-bond donors (Lipinski definition) is 0. The molecule has 31 heavy (non-hydrogen) atoms. The summed E-state index contributed by atoms with van der Waals surface area (Å²) in [5.74, 6) is -1.66. The standard InChI is InChI=1S/C26H30O4.Mg/c1-18(2)9-8-10-19(3)13-16-22-23(30-4)17-21(24(25(22)27)26(28)29)15-14-20-11-6-5-7-12-20;/h5-7,9,11-15,17,27H,8,10,16H2,1-4H3,(H,28,29);/q;+2/p-2/b15-14+,19-13+;. The number of carbonyl (C=O) groups excluding carboxylic acids is 1. The van der Waals surface area contributed by atoms with E-state index in [9.17, 15) is 15.0 Å². The van der Waals surface area contributed by atoms with E-state index in [1.807, 2.05) is 43.3 Å². The van der Waals surface area contributed by atoms with Crippen molar-refractivity contribution in [1.82, 2.24) is 0 Å². The van der Waals surface area contributed by atoms with Crippen LogP contribution in [0, 0.1) is 0 Å². The third-order valence-corrected chi connectivity index (χ3v) is 4.80. The van der Waals surface area contributed by atoms with Gasteiger partial charge in [-0.15, -0.1) is 0 Å². The molecule has 0 saturated carbocycles. The maximum absolute atomic E-state index is 13.0. The van der Waals surface area contributed by atoms with Crippen molar-refractivity contribution in [2.24, 2.45) is 0 Å². The molecule has 0 heterocycles. The van der Waals surface area contributed by atoms with Crippen LogP contribution >= 0.6 is 0 Å². The Morgan fingerprint density at radius 1 is 1.06 bits per heavy atom. The Balaban J connectivity index is 0.00000480. The van der Waals surface area contributed by atoms with E-state index in [-0.39, 0.29) is 34.2 Å². The average molecular weight is 429 g/mol. The van der Waals surface area contributed by atoms with Crippen LogP contribution in [0.25, 0.3) is 12.2 Å². The summed E-state index contributed by atoms with van der Waals surface area (Å²) in [6.07, 6.45) is 9.61. The van der Waals surface area contributed by atoms with E-state index in [2.05, 4.69) is 19.9 Å². The summed E-state index contributed by atoms with van der Waals surface area (Å²) in [4.78, 5) is 11.7. The van der Waals surface area contributed by atoms with Crippen LogP contribution in [0.1, 0.15) is 60.7 Å². The van der Waals surface area contributed by atoms with Gasteiger partial charge in [0.05, 0.1) is 13.1 Å². The summed E-state index contributed by atoms with van der Waals surface area (Å²) in [5.41, 5.74) is 3.56. The number of ether oxygens (including phenoxy) is 1. The first-order chi connectivity index (χ1) is 14.3. The van der Waals surface area contributed by atoms with Gasteiger partial charge in [-0.25, -0.2) is 0 Å². The Hall–Kier alpha value is -2.50. The summed E-state index contributed by atoms with van der Waals surface area (Å²) in [7, 11) is 1.48. The monoisotopic (exact) mass is 428 g/mol. The number of hydrogen-bond acceptors (Lipinski definition) is 4. The van der Waals surface area contributed by atoms with Gasteiger partial charge in [-0.1, -0.05) is 71.5 Å². The summed E-state index contributed by atoms with van der Waals surface area (Å²) in [6.45, 7) is 6.12. The molecule has 0 atom stereocenters. The van der Waals surface area contributed by atoms with Crippen LogP contribution in [0.2, 0.25) is 0 Å². The minimum Gasteiger partial charge on any atom is -0.872 e. The number of aromatic carboxylic acids is 1. The third-order valence-electron chi connectivity index (χ3n) is 4.80. The van der Waals surface area contributed by atoms with E-state index in [4.69, 9.17) is 4.74 Å². The summed E-state index contributed by atoms with van der Waals surface area (Å²) < 4.78 is 5.41. The number of rotatable bonds is 9. The van der Waals surface area contributed by atoms with Crippen molar-refractivity contribution >= 4 is 41.2 Å². The molecule has 0 bridgehead atoms. The molecule has 0 unspecified atom stereocenters. The van der Waals surface area contributed by atoms with Crippen LogP contribution in [0.15, 0.2) is 59.7 Å². The van der Waals surface area contributed by atoms with Crippen LogP contribution in [-0.4, -0.2) is 36.1 Å². The fraction of sp³-hybridized carbons (Fsp3) is 0.269. The predicted molar refractivity (Wildman–Crippen MR) is 124 cm³/mol. The molecule has 0 aliphatic heterocycles. The van der Waals surface area contributed by atoms with E-state index in [0.717, 1.165) is 24.0 Å². The van der Waals surface area contributed by atoms with Crippen LogP contribution in [0.4, 0.5) is 0 Å². The first-order valence-electron chi connectivity index (χ1n) is 9.97. The second-order valence-electron chi connectivity index (χ2n) is 7.46. The zero-order valence-corrected chi connectivity index (χ0v) is 20.1. The molecule has 0 radical (unpaired) electrons. The summed E-state index contributed by atoms with van der Waals surface area (Å²) in [5, 5.41) is 24.7. The van der Waals surface area contributed by atoms with E-state index >= 15 is 0 Å². The Bertz CT molecular complexity index is 969. The zero-order valence-electron chi connectivity index (χ0n) is 18.7. The Kier molecular flexibility index (Phi) is 11.1. The van der Waals surface area contributed by atoms with Crippen LogP contribution < -0.4 is 14.9 Å². The summed E-state index contributed by atoms with van der Waals surface area (Å²) in [6, 6.07) is 11.0. The first-order valence-corrected chi connectivity index (χ1v) is 9.97. The predicted octanol–water partition coefficient (Wildman–Crippen LogP) is 4.16. The fourth-order valence-corrected chi connectivity index (χ4v) is 3.13. The van der Waals surface area contributed by atoms with Crippen molar-refractivity contribution in [2.75, 3.05) is 7.11 Å². The van der Waals surface area contributed by atoms with Crippen LogP contribution in [0.3, 0.4) is 0 Å². The molecule has 2 rings (SSSR count). The van der Waals surface area contributed by atoms with E-state index in [1.165, 1.54) is 12.7 Å². The van der Waals surface area contributed by atoms with Gasteiger partial charge in [0.25, 0.3) is 0 Å². The number of carboxylic acids is 1. The molecular formula is C26H28MgO4. The smallest absolute Gasteiger partial charge is 0.872 e. The van der Waals surface area contributed by atoms with Gasteiger partial charge in [0.2, 0.25) is 0 Å². The van der Waals surface area contributed by atoms with Gasteiger partial charge in [0, 0.05) is 0 Å².